The molecule has 0 bridgehead atoms. The van der Waals surface area contributed by atoms with E-state index in [0.717, 1.165) is 29.7 Å². The number of sulfone groups is 1. The third kappa shape index (κ3) is 2.97. The molecule has 0 radical (unpaired) electrons. The predicted octanol–water partition coefficient (Wildman–Crippen LogP) is 4.54. The van der Waals surface area contributed by atoms with Crippen LogP contribution in [0.3, 0.4) is 0 Å². The van der Waals surface area contributed by atoms with Crippen LogP contribution in [0, 0.1) is 6.57 Å². The van der Waals surface area contributed by atoms with Crippen molar-refractivity contribution >= 4 is 50.5 Å². The first kappa shape index (κ1) is 18.7. The molecule has 0 saturated heterocycles. The van der Waals surface area contributed by atoms with Crippen LogP contribution in [0.25, 0.3) is 15.8 Å². The fourth-order valence-corrected chi connectivity index (χ4v) is 4.73. The Bertz CT molecular complexity index is 1150. The molecule has 5 nitrogen and oxygen atoms in total. The molecule has 2 aromatic carbocycles. The molecule has 1 aliphatic rings. The van der Waals surface area contributed by atoms with E-state index in [0.29, 0.717) is 12.1 Å². The highest BCUT2D eigenvalue weighted by molar-refractivity contribution is 7.91. The molecule has 0 spiro atoms. The Morgan fingerprint density at radius 3 is 2.77 bits per heavy atom. The molecule has 8 heteroatoms. The Morgan fingerprint density at radius 1 is 1.19 bits per heavy atom. The maximum atomic E-state index is 13.0. The summed E-state index contributed by atoms with van der Waals surface area (Å²) in [5.41, 5.74) is 1.75. The molecule has 1 N–H and O–H groups in total. The monoisotopic (exact) mass is 408 g/mol. The second kappa shape index (κ2) is 6.93. The summed E-state index contributed by atoms with van der Waals surface area (Å²) in [6.07, 6.45) is 0.746. The molecule has 0 fully saturated rings. The summed E-state index contributed by atoms with van der Waals surface area (Å²) in [4.78, 5) is 3.47. The molecule has 0 atom stereocenters. The lowest BCUT2D eigenvalue weighted by molar-refractivity contribution is 0.500. The second-order valence-corrected chi connectivity index (χ2v) is 8.18. The Morgan fingerprint density at radius 2 is 2.00 bits per heavy atom. The van der Waals surface area contributed by atoms with E-state index in [1.54, 1.807) is 18.2 Å². The first-order valence-electron chi connectivity index (χ1n) is 7.68. The van der Waals surface area contributed by atoms with Gasteiger partial charge in [0.25, 0.3) is 0 Å². The van der Waals surface area contributed by atoms with Gasteiger partial charge in [0, 0.05) is 30.5 Å². The van der Waals surface area contributed by atoms with Crippen LogP contribution >= 0.6 is 24.0 Å². The summed E-state index contributed by atoms with van der Waals surface area (Å²) >= 11 is 6.31. The molecule has 4 rings (SSSR count). The summed E-state index contributed by atoms with van der Waals surface area (Å²) in [6.45, 7) is 8.50. The van der Waals surface area contributed by atoms with Crippen molar-refractivity contribution in [1.29, 1.82) is 0 Å². The van der Waals surface area contributed by atoms with E-state index in [1.165, 1.54) is 18.2 Å². The highest BCUT2D eigenvalue weighted by atomic mass is 35.5. The first-order valence-corrected chi connectivity index (χ1v) is 9.54. The number of nitrogens with zero attached hydrogens (tertiary/aromatic N) is 1. The molecule has 3 aromatic rings. The van der Waals surface area contributed by atoms with Gasteiger partial charge in [-0.15, -0.1) is 12.4 Å². The van der Waals surface area contributed by atoms with Crippen LogP contribution in [-0.4, -0.2) is 15.0 Å². The number of nitrogens with one attached hydrogen (secondary N) is 1. The summed E-state index contributed by atoms with van der Waals surface area (Å²) in [6, 6.07) is 8.99. The maximum Gasteiger partial charge on any atom is 0.205 e. The van der Waals surface area contributed by atoms with Gasteiger partial charge in [0.05, 0.1) is 21.4 Å². The van der Waals surface area contributed by atoms with Gasteiger partial charge in [-0.05, 0) is 24.3 Å². The smallest absolute Gasteiger partial charge is 0.205 e. The molecule has 26 heavy (non-hydrogen) atoms. The van der Waals surface area contributed by atoms with Crippen molar-refractivity contribution in [2.24, 2.45) is 0 Å². The molecule has 1 aliphatic heterocycles. The van der Waals surface area contributed by atoms with Crippen molar-refractivity contribution in [3.63, 3.8) is 0 Å². The summed E-state index contributed by atoms with van der Waals surface area (Å²) in [7, 11) is -3.78. The number of rotatable bonds is 2. The van der Waals surface area contributed by atoms with Crippen molar-refractivity contribution in [1.82, 2.24) is 5.32 Å². The highest BCUT2D eigenvalue weighted by Gasteiger charge is 2.24. The van der Waals surface area contributed by atoms with Gasteiger partial charge in [-0.3, -0.25) is 0 Å². The number of furan rings is 1. The van der Waals surface area contributed by atoms with Gasteiger partial charge in [0.2, 0.25) is 9.84 Å². The number of hydrogen-bond acceptors (Lipinski definition) is 4. The normalized spacial score (nSPS) is 13.7. The lowest BCUT2D eigenvalue weighted by Gasteiger charge is -2.11. The molecule has 134 valence electrons. The summed E-state index contributed by atoms with van der Waals surface area (Å²) < 4.78 is 31.8. The summed E-state index contributed by atoms with van der Waals surface area (Å²) in [5, 5.41) is 4.25. The average Bonchev–Trinajstić information content (AvgIpc) is 3.01. The number of fused-ring (bicyclic) bond motifs is 3. The molecular weight excluding hydrogens is 395 g/mol. The van der Waals surface area contributed by atoms with Crippen LogP contribution in [-0.2, 0) is 22.8 Å². The fourth-order valence-electron chi connectivity index (χ4n) is 3.05. The topological polar surface area (TPSA) is 63.7 Å². The van der Waals surface area contributed by atoms with Crippen molar-refractivity contribution in [3.8, 4) is 0 Å². The van der Waals surface area contributed by atoms with E-state index in [1.807, 2.05) is 0 Å². The minimum Gasteiger partial charge on any atom is -0.459 e. The molecule has 1 aromatic heterocycles. The zero-order chi connectivity index (χ0) is 17.6. The maximum absolute atomic E-state index is 13.0. The predicted molar refractivity (Wildman–Crippen MR) is 102 cm³/mol. The average molecular weight is 409 g/mol. The van der Waals surface area contributed by atoms with Crippen LogP contribution < -0.4 is 5.32 Å². The number of benzene rings is 2. The lowest BCUT2D eigenvalue weighted by Crippen LogP contribution is -2.22. The van der Waals surface area contributed by atoms with Crippen molar-refractivity contribution in [2.45, 2.75) is 22.8 Å². The van der Waals surface area contributed by atoms with Crippen molar-refractivity contribution < 1.29 is 12.8 Å². The minimum absolute atomic E-state index is 0. The van der Waals surface area contributed by atoms with E-state index in [4.69, 9.17) is 22.6 Å². The molecule has 0 saturated carbocycles. The van der Waals surface area contributed by atoms with Gasteiger partial charge < -0.3 is 9.73 Å². The third-order valence-corrected chi connectivity index (χ3v) is 6.31. The standard InChI is InChI=1S/C18H13ClN2O3S.ClH/c1-20-11-3-2-4-12(7-11)25(22,23)13-8-14-15-10-21-6-5-17(15)24-18(14)16(19)9-13;/h2-4,7-9,21H,5-6,10H2;1H. The van der Waals surface area contributed by atoms with Gasteiger partial charge in [-0.25, -0.2) is 13.3 Å². The van der Waals surface area contributed by atoms with E-state index < -0.39 is 9.84 Å². The summed E-state index contributed by atoms with van der Waals surface area (Å²) in [5.74, 6) is 0.847. The molecular formula is C18H14Cl2N2O3S. The molecule has 0 amide bonds. The van der Waals surface area contributed by atoms with Crippen molar-refractivity contribution in [3.05, 3.63) is 64.2 Å². The van der Waals surface area contributed by atoms with Gasteiger partial charge in [0.1, 0.15) is 5.76 Å². The SMILES string of the molecule is Cl.[C-]#[N+]c1cccc(S(=O)(=O)c2cc(Cl)c3oc4c(c3c2)CNCC4)c1. The quantitative estimate of drug-likeness (QED) is 0.632. The van der Waals surface area contributed by atoms with Gasteiger partial charge in [-0.1, -0.05) is 23.7 Å². The molecule has 0 aliphatic carbocycles. The Labute approximate surface area is 162 Å². The number of hydrogen-bond donors (Lipinski definition) is 1. The highest BCUT2D eigenvalue weighted by Crippen LogP contribution is 2.36. The Hall–Kier alpha value is -2.04. The molecule has 2 heterocycles. The van der Waals surface area contributed by atoms with Gasteiger partial charge in [0.15, 0.2) is 11.3 Å². The van der Waals surface area contributed by atoms with E-state index in [2.05, 4.69) is 10.2 Å². The Balaban J connectivity index is 0.00000196. The van der Waals surface area contributed by atoms with Crippen LogP contribution in [0.1, 0.15) is 11.3 Å². The second-order valence-electron chi connectivity index (χ2n) is 5.82. The first-order chi connectivity index (χ1) is 12.0. The lowest BCUT2D eigenvalue weighted by atomic mass is 10.1. The van der Waals surface area contributed by atoms with Crippen LogP contribution in [0.5, 0.6) is 0 Å². The minimum atomic E-state index is -3.78. The van der Waals surface area contributed by atoms with Crippen LogP contribution in [0.4, 0.5) is 5.69 Å². The van der Waals surface area contributed by atoms with Crippen molar-refractivity contribution in [2.75, 3.05) is 6.54 Å². The zero-order valence-electron chi connectivity index (χ0n) is 13.5. The van der Waals surface area contributed by atoms with Crippen LogP contribution in [0.15, 0.2) is 50.6 Å². The third-order valence-electron chi connectivity index (χ3n) is 4.30. The van der Waals surface area contributed by atoms with E-state index in [9.17, 15) is 8.42 Å². The van der Waals surface area contributed by atoms with Gasteiger partial charge >= 0.3 is 0 Å². The number of halogens is 2. The van der Waals surface area contributed by atoms with E-state index in [-0.39, 0.29) is 32.9 Å². The zero-order valence-corrected chi connectivity index (χ0v) is 15.8. The Kier molecular flexibility index (Phi) is 5.00. The van der Waals surface area contributed by atoms with Gasteiger partial charge in [-0.2, -0.15) is 0 Å². The van der Waals surface area contributed by atoms with Crippen LogP contribution in [0.2, 0.25) is 5.02 Å². The largest absolute Gasteiger partial charge is 0.459 e. The fraction of sp³-hybridized carbons (Fsp3) is 0.167. The van der Waals surface area contributed by atoms with E-state index >= 15 is 0 Å². The molecule has 0 unspecified atom stereocenters.